The molecule has 0 amide bonds. The molecule has 1 atom stereocenters. The molecular formula is C15H22N2O. The predicted octanol–water partition coefficient (Wildman–Crippen LogP) is 2.31. The molecule has 0 aliphatic carbocycles. The highest BCUT2D eigenvalue weighted by molar-refractivity contribution is 5.57. The van der Waals surface area contributed by atoms with E-state index in [0.29, 0.717) is 5.92 Å². The van der Waals surface area contributed by atoms with E-state index in [1.165, 1.54) is 37.2 Å². The Kier molecular flexibility index (Phi) is 3.81. The molecule has 0 saturated carbocycles. The maximum Gasteiger partial charge on any atom is 0.0593 e. The lowest BCUT2D eigenvalue weighted by molar-refractivity contribution is 0.141. The number of anilines is 1. The van der Waals surface area contributed by atoms with Gasteiger partial charge in [0.15, 0.2) is 0 Å². The molecule has 3 rings (SSSR count). The number of hydrogen-bond donors (Lipinski definition) is 1. The maximum atomic E-state index is 5.50. The zero-order valence-corrected chi connectivity index (χ0v) is 10.9. The second kappa shape index (κ2) is 5.72. The Morgan fingerprint density at radius 3 is 3.17 bits per heavy atom. The molecule has 0 radical (unpaired) electrons. The van der Waals surface area contributed by atoms with Gasteiger partial charge in [0.25, 0.3) is 0 Å². The summed E-state index contributed by atoms with van der Waals surface area (Å²) in [7, 11) is 0. The van der Waals surface area contributed by atoms with Gasteiger partial charge >= 0.3 is 0 Å². The molecule has 0 bridgehead atoms. The highest BCUT2D eigenvalue weighted by Crippen LogP contribution is 2.33. The molecule has 1 fully saturated rings. The van der Waals surface area contributed by atoms with Gasteiger partial charge in [0.2, 0.25) is 0 Å². The van der Waals surface area contributed by atoms with Crippen molar-refractivity contribution in [1.82, 2.24) is 4.90 Å². The third-order valence-electron chi connectivity index (χ3n) is 4.05. The zero-order chi connectivity index (χ0) is 12.2. The second-order valence-electron chi connectivity index (χ2n) is 5.26. The van der Waals surface area contributed by atoms with Crippen molar-refractivity contribution in [3.8, 4) is 0 Å². The number of benzene rings is 1. The molecule has 18 heavy (non-hydrogen) atoms. The smallest absolute Gasteiger partial charge is 0.0593 e. The van der Waals surface area contributed by atoms with Gasteiger partial charge < -0.3 is 15.0 Å². The number of rotatable bonds is 3. The molecule has 1 aromatic carbocycles. The first kappa shape index (κ1) is 12.0. The van der Waals surface area contributed by atoms with Crippen LogP contribution in [-0.2, 0) is 4.74 Å². The first-order valence-corrected chi connectivity index (χ1v) is 7.06. The van der Waals surface area contributed by atoms with E-state index in [4.69, 9.17) is 4.74 Å². The Morgan fingerprint density at radius 2 is 2.17 bits per heavy atom. The van der Waals surface area contributed by atoms with E-state index in [2.05, 4.69) is 34.5 Å². The standard InChI is InChI=1S/C15H22N2O/c1-2-5-15-14(4-1)13(12-16-15)6-8-17-7-3-10-18-11-9-17/h1-2,4-5,13,16H,3,6-12H2. The fourth-order valence-corrected chi connectivity index (χ4v) is 2.97. The summed E-state index contributed by atoms with van der Waals surface area (Å²) in [5, 5.41) is 3.51. The second-order valence-corrected chi connectivity index (χ2v) is 5.26. The summed E-state index contributed by atoms with van der Waals surface area (Å²) in [4.78, 5) is 2.55. The third kappa shape index (κ3) is 2.68. The van der Waals surface area contributed by atoms with Crippen LogP contribution in [0.5, 0.6) is 0 Å². The van der Waals surface area contributed by atoms with Crippen LogP contribution in [0, 0.1) is 0 Å². The summed E-state index contributed by atoms with van der Waals surface area (Å²) in [5.41, 5.74) is 2.84. The van der Waals surface area contributed by atoms with Crippen molar-refractivity contribution in [3.63, 3.8) is 0 Å². The Labute approximate surface area is 109 Å². The van der Waals surface area contributed by atoms with Gasteiger partial charge in [0.05, 0.1) is 6.61 Å². The van der Waals surface area contributed by atoms with Crippen molar-refractivity contribution >= 4 is 5.69 Å². The summed E-state index contributed by atoms with van der Waals surface area (Å²) in [6.45, 7) is 6.43. The van der Waals surface area contributed by atoms with E-state index < -0.39 is 0 Å². The number of para-hydroxylation sites is 1. The quantitative estimate of drug-likeness (QED) is 0.885. The predicted molar refractivity (Wildman–Crippen MR) is 74.2 cm³/mol. The minimum Gasteiger partial charge on any atom is -0.384 e. The van der Waals surface area contributed by atoms with Crippen molar-refractivity contribution in [2.45, 2.75) is 18.8 Å². The van der Waals surface area contributed by atoms with Crippen LogP contribution in [0.3, 0.4) is 0 Å². The molecular weight excluding hydrogens is 224 g/mol. The van der Waals surface area contributed by atoms with E-state index in [1.54, 1.807) is 0 Å². The van der Waals surface area contributed by atoms with Crippen molar-refractivity contribution in [1.29, 1.82) is 0 Å². The Balaban J connectivity index is 1.55. The third-order valence-corrected chi connectivity index (χ3v) is 4.05. The Morgan fingerprint density at radius 1 is 1.22 bits per heavy atom. The molecule has 3 nitrogen and oxygen atoms in total. The summed E-state index contributed by atoms with van der Waals surface area (Å²) in [6.07, 6.45) is 2.43. The molecule has 98 valence electrons. The Bertz CT molecular complexity index is 386. The van der Waals surface area contributed by atoms with Crippen LogP contribution >= 0.6 is 0 Å². The van der Waals surface area contributed by atoms with Gasteiger partial charge in [0.1, 0.15) is 0 Å². The topological polar surface area (TPSA) is 24.5 Å². The summed E-state index contributed by atoms with van der Waals surface area (Å²) in [6, 6.07) is 8.72. The lowest BCUT2D eigenvalue weighted by Crippen LogP contribution is -2.28. The minimum absolute atomic E-state index is 0.686. The molecule has 1 unspecified atom stereocenters. The molecule has 0 spiro atoms. The molecule has 2 aliphatic heterocycles. The average molecular weight is 246 g/mol. The van der Waals surface area contributed by atoms with Crippen molar-refractivity contribution in [2.24, 2.45) is 0 Å². The summed E-state index contributed by atoms with van der Waals surface area (Å²) in [5.74, 6) is 0.686. The van der Waals surface area contributed by atoms with Crippen LogP contribution in [0.4, 0.5) is 5.69 Å². The Hall–Kier alpha value is -1.06. The van der Waals surface area contributed by atoms with Gasteiger partial charge in [-0.1, -0.05) is 18.2 Å². The van der Waals surface area contributed by atoms with Crippen LogP contribution in [0.1, 0.15) is 24.3 Å². The number of hydrogen-bond acceptors (Lipinski definition) is 3. The molecule has 2 heterocycles. The number of fused-ring (bicyclic) bond motifs is 1. The zero-order valence-electron chi connectivity index (χ0n) is 10.9. The van der Waals surface area contributed by atoms with E-state index in [9.17, 15) is 0 Å². The number of nitrogens with one attached hydrogen (secondary N) is 1. The van der Waals surface area contributed by atoms with Crippen molar-refractivity contribution in [3.05, 3.63) is 29.8 Å². The van der Waals surface area contributed by atoms with E-state index in [-0.39, 0.29) is 0 Å². The van der Waals surface area contributed by atoms with Crippen molar-refractivity contribution in [2.75, 3.05) is 44.7 Å². The van der Waals surface area contributed by atoms with Gasteiger partial charge in [-0.25, -0.2) is 0 Å². The normalized spacial score (nSPS) is 24.3. The monoisotopic (exact) mass is 246 g/mol. The lowest BCUT2D eigenvalue weighted by Gasteiger charge is -2.21. The summed E-state index contributed by atoms with van der Waals surface area (Å²) < 4.78 is 5.50. The number of nitrogens with zero attached hydrogens (tertiary/aromatic N) is 1. The van der Waals surface area contributed by atoms with Gasteiger partial charge in [0, 0.05) is 37.8 Å². The SMILES string of the molecule is c1ccc2c(c1)NCC2CCN1CCCOCC1. The van der Waals surface area contributed by atoms with Crippen LogP contribution in [0.2, 0.25) is 0 Å². The highest BCUT2D eigenvalue weighted by atomic mass is 16.5. The largest absolute Gasteiger partial charge is 0.384 e. The van der Waals surface area contributed by atoms with Gasteiger partial charge in [-0.3, -0.25) is 0 Å². The molecule has 1 saturated heterocycles. The first-order valence-electron chi connectivity index (χ1n) is 7.06. The van der Waals surface area contributed by atoms with Gasteiger partial charge in [-0.15, -0.1) is 0 Å². The minimum atomic E-state index is 0.686. The lowest BCUT2D eigenvalue weighted by atomic mass is 9.98. The van der Waals surface area contributed by atoms with Crippen LogP contribution in [0.15, 0.2) is 24.3 Å². The summed E-state index contributed by atoms with van der Waals surface area (Å²) >= 11 is 0. The maximum absolute atomic E-state index is 5.50. The van der Waals surface area contributed by atoms with Crippen LogP contribution in [0.25, 0.3) is 0 Å². The number of ether oxygens (including phenoxy) is 1. The molecule has 3 heteroatoms. The molecule has 1 N–H and O–H groups in total. The van der Waals surface area contributed by atoms with Gasteiger partial charge in [-0.05, 0) is 31.0 Å². The average Bonchev–Trinajstić information content (AvgIpc) is 2.64. The van der Waals surface area contributed by atoms with Crippen LogP contribution < -0.4 is 5.32 Å². The fourth-order valence-electron chi connectivity index (χ4n) is 2.97. The van der Waals surface area contributed by atoms with E-state index in [0.717, 1.165) is 26.3 Å². The van der Waals surface area contributed by atoms with Crippen molar-refractivity contribution < 1.29 is 4.74 Å². The first-order chi connectivity index (χ1) is 8.93. The molecule has 1 aromatic rings. The fraction of sp³-hybridized carbons (Fsp3) is 0.600. The van der Waals surface area contributed by atoms with Crippen LogP contribution in [-0.4, -0.2) is 44.3 Å². The molecule has 0 aromatic heterocycles. The van der Waals surface area contributed by atoms with Gasteiger partial charge in [-0.2, -0.15) is 0 Å². The van der Waals surface area contributed by atoms with E-state index in [1.807, 2.05) is 0 Å². The molecule has 2 aliphatic rings. The highest BCUT2D eigenvalue weighted by Gasteiger charge is 2.22. The van der Waals surface area contributed by atoms with E-state index >= 15 is 0 Å².